The van der Waals surface area contributed by atoms with E-state index in [4.69, 9.17) is 15.2 Å². The summed E-state index contributed by atoms with van der Waals surface area (Å²) >= 11 is 0. The molecule has 11 heteroatoms. The minimum absolute atomic E-state index is 0.113. The summed E-state index contributed by atoms with van der Waals surface area (Å²) in [5, 5.41) is 10.2. The second kappa shape index (κ2) is 10.1. The van der Waals surface area contributed by atoms with Crippen LogP contribution in [0.3, 0.4) is 0 Å². The summed E-state index contributed by atoms with van der Waals surface area (Å²) in [6.07, 6.45) is 2.94. The van der Waals surface area contributed by atoms with Gasteiger partial charge in [0, 0.05) is 0 Å². The number of anilines is 1. The Balaban J connectivity index is 2.14. The number of hydrogen-bond donors (Lipinski definition) is 2. The third-order valence-electron chi connectivity index (χ3n) is 6.55. The van der Waals surface area contributed by atoms with Crippen molar-refractivity contribution in [2.45, 2.75) is 36.5 Å². The molecule has 0 amide bonds. The molecule has 1 atom stereocenters. The number of carbonyl (C=O) groups is 2. The van der Waals surface area contributed by atoms with Crippen LogP contribution in [-0.2, 0) is 42.0 Å². The second-order valence-electron chi connectivity index (χ2n) is 8.61. The Kier molecular flexibility index (Phi) is 7.07. The molecule has 0 saturated carbocycles. The molecule has 0 fully saturated rings. The number of rotatable bonds is 5. The smallest absolute Gasteiger partial charge is 0.355 e. The Labute approximate surface area is 214 Å². The molecule has 37 heavy (non-hydrogen) atoms. The predicted octanol–water partition coefficient (Wildman–Crippen LogP) is 2.71. The molecule has 1 aliphatic carbocycles. The number of fused-ring (bicyclic) bond motifs is 1. The van der Waals surface area contributed by atoms with E-state index < -0.39 is 38.6 Å². The van der Waals surface area contributed by atoms with Crippen LogP contribution in [0.1, 0.15) is 35.4 Å². The maximum absolute atomic E-state index is 13.2. The summed E-state index contributed by atoms with van der Waals surface area (Å²) < 4.78 is 45.2. The maximum atomic E-state index is 13.2. The van der Waals surface area contributed by atoms with Crippen LogP contribution in [0, 0.1) is 11.3 Å². The molecule has 2 aliphatic rings. The highest BCUT2D eigenvalue weighted by molar-refractivity contribution is 7.86. The van der Waals surface area contributed by atoms with Crippen molar-refractivity contribution < 1.29 is 32.0 Å². The fraction of sp³-hybridized carbons (Fsp3) is 0.269. The van der Waals surface area contributed by atoms with Gasteiger partial charge in [-0.2, -0.15) is 13.7 Å². The molecular formula is C26H25N3O7S. The van der Waals surface area contributed by atoms with Crippen LogP contribution < -0.4 is 10.6 Å². The van der Waals surface area contributed by atoms with Gasteiger partial charge in [0.05, 0.1) is 43.0 Å². The lowest BCUT2D eigenvalue weighted by atomic mass is 9.80. The number of nitriles is 1. The fourth-order valence-corrected chi connectivity index (χ4v) is 5.60. The zero-order valence-corrected chi connectivity index (χ0v) is 21.0. The monoisotopic (exact) mass is 523 g/mol. The van der Waals surface area contributed by atoms with Crippen molar-refractivity contribution in [3.05, 3.63) is 81.8 Å². The number of nitrogens with zero attached hydrogens (tertiary/aromatic N) is 2. The normalized spacial score (nSPS) is 17.7. The first-order valence-electron chi connectivity index (χ1n) is 11.4. The first kappa shape index (κ1) is 25.9. The van der Waals surface area contributed by atoms with Crippen molar-refractivity contribution in [2.24, 2.45) is 5.73 Å². The SMILES string of the molecule is COC(=O)C1=C(C(=O)OC)N(c2cc3c(cc2S(=O)(=O)O)CCCC3)C(N)=C(C#N)C1c1ccccc1. The lowest BCUT2D eigenvalue weighted by Crippen LogP contribution is -2.41. The average molecular weight is 524 g/mol. The Hall–Kier alpha value is -4.14. The lowest BCUT2D eigenvalue weighted by molar-refractivity contribution is -0.139. The van der Waals surface area contributed by atoms with E-state index in [1.54, 1.807) is 30.3 Å². The van der Waals surface area contributed by atoms with Crippen LogP contribution in [0.5, 0.6) is 0 Å². The number of ether oxygens (including phenoxy) is 2. The summed E-state index contributed by atoms with van der Waals surface area (Å²) in [5.41, 5.74) is 7.53. The molecule has 1 heterocycles. The standard InChI is InChI=1S/C26H25N3O7S/c1-35-25(30)22-21(15-8-4-3-5-9-15)18(14-27)24(28)29(23(22)26(31)36-2)19-12-16-10-6-7-11-17(16)13-20(19)37(32,33)34/h3-5,8-9,12-13,21H,6-7,10-11,28H2,1-2H3,(H,32,33,34). The maximum Gasteiger partial charge on any atom is 0.355 e. The van der Waals surface area contributed by atoms with Gasteiger partial charge in [-0.25, -0.2) is 9.59 Å². The van der Waals surface area contributed by atoms with Gasteiger partial charge in [-0.15, -0.1) is 0 Å². The molecule has 0 spiro atoms. The van der Waals surface area contributed by atoms with E-state index >= 15 is 0 Å². The van der Waals surface area contributed by atoms with Crippen molar-refractivity contribution in [1.82, 2.24) is 0 Å². The lowest BCUT2D eigenvalue weighted by Gasteiger charge is -2.37. The zero-order valence-electron chi connectivity index (χ0n) is 20.2. The van der Waals surface area contributed by atoms with Gasteiger partial charge in [-0.05, 0) is 54.5 Å². The first-order valence-corrected chi connectivity index (χ1v) is 12.9. The molecule has 0 radical (unpaired) electrons. The van der Waals surface area contributed by atoms with E-state index in [-0.39, 0.29) is 22.7 Å². The highest BCUT2D eigenvalue weighted by Gasteiger charge is 2.44. The van der Waals surface area contributed by atoms with E-state index in [1.165, 1.54) is 12.1 Å². The largest absolute Gasteiger partial charge is 0.466 e. The van der Waals surface area contributed by atoms with Crippen LogP contribution in [-0.4, -0.2) is 39.1 Å². The Morgan fingerprint density at radius 3 is 2.19 bits per heavy atom. The van der Waals surface area contributed by atoms with Crippen molar-refractivity contribution in [1.29, 1.82) is 5.26 Å². The number of carbonyl (C=O) groups excluding carboxylic acids is 2. The van der Waals surface area contributed by atoms with Crippen molar-refractivity contribution in [3.8, 4) is 6.07 Å². The Bertz CT molecular complexity index is 1490. The minimum atomic E-state index is -4.82. The van der Waals surface area contributed by atoms with Gasteiger partial charge in [0.2, 0.25) is 0 Å². The molecule has 2 aromatic rings. The van der Waals surface area contributed by atoms with Crippen molar-refractivity contribution >= 4 is 27.7 Å². The third kappa shape index (κ3) is 4.57. The summed E-state index contributed by atoms with van der Waals surface area (Å²) in [5.74, 6) is -3.34. The Morgan fingerprint density at radius 1 is 1.05 bits per heavy atom. The minimum Gasteiger partial charge on any atom is -0.466 e. The summed E-state index contributed by atoms with van der Waals surface area (Å²) in [6.45, 7) is 0. The van der Waals surface area contributed by atoms with Gasteiger partial charge in [0.1, 0.15) is 16.4 Å². The van der Waals surface area contributed by atoms with E-state index in [9.17, 15) is 27.8 Å². The zero-order chi connectivity index (χ0) is 26.9. The first-order chi connectivity index (χ1) is 17.6. The molecule has 1 aliphatic heterocycles. The van der Waals surface area contributed by atoms with E-state index in [2.05, 4.69) is 0 Å². The fourth-order valence-electron chi connectivity index (χ4n) is 4.90. The number of nitrogens with two attached hydrogens (primary N) is 1. The van der Waals surface area contributed by atoms with Gasteiger partial charge >= 0.3 is 11.9 Å². The number of esters is 2. The molecule has 0 bridgehead atoms. The summed E-state index contributed by atoms with van der Waals surface area (Å²) in [4.78, 5) is 26.9. The molecule has 4 rings (SSSR count). The number of allylic oxidation sites excluding steroid dienone is 1. The van der Waals surface area contributed by atoms with Crippen molar-refractivity contribution in [2.75, 3.05) is 19.1 Å². The highest BCUT2D eigenvalue weighted by Crippen LogP contribution is 2.45. The van der Waals surface area contributed by atoms with Gasteiger partial charge in [0.25, 0.3) is 10.1 Å². The van der Waals surface area contributed by atoms with Crippen LogP contribution >= 0.6 is 0 Å². The van der Waals surface area contributed by atoms with Crippen LogP contribution in [0.4, 0.5) is 5.69 Å². The second-order valence-corrected chi connectivity index (χ2v) is 10.00. The van der Waals surface area contributed by atoms with Crippen LogP contribution in [0.15, 0.2) is 70.0 Å². The number of aryl methyl sites for hydroxylation is 2. The number of benzene rings is 2. The van der Waals surface area contributed by atoms with Crippen LogP contribution in [0.2, 0.25) is 0 Å². The number of hydrogen-bond acceptors (Lipinski definition) is 9. The van der Waals surface area contributed by atoms with E-state index in [0.717, 1.165) is 43.1 Å². The molecule has 3 N–H and O–H groups in total. The molecule has 192 valence electrons. The molecule has 1 unspecified atom stereocenters. The quantitative estimate of drug-likeness (QED) is 0.440. The van der Waals surface area contributed by atoms with Gasteiger partial charge in [0.15, 0.2) is 0 Å². The van der Waals surface area contributed by atoms with Gasteiger partial charge < -0.3 is 15.2 Å². The summed E-state index contributed by atoms with van der Waals surface area (Å²) in [7, 11) is -2.61. The predicted molar refractivity (Wildman–Crippen MR) is 132 cm³/mol. The Morgan fingerprint density at radius 2 is 1.65 bits per heavy atom. The molecule has 0 saturated heterocycles. The van der Waals surface area contributed by atoms with Gasteiger partial charge in [-0.3, -0.25) is 9.45 Å². The highest BCUT2D eigenvalue weighted by atomic mass is 32.2. The third-order valence-corrected chi connectivity index (χ3v) is 7.44. The van der Waals surface area contributed by atoms with Crippen LogP contribution in [0.25, 0.3) is 0 Å². The molecule has 2 aromatic carbocycles. The topological polar surface area (TPSA) is 160 Å². The average Bonchev–Trinajstić information content (AvgIpc) is 2.90. The molecule has 10 nitrogen and oxygen atoms in total. The van der Waals surface area contributed by atoms with Crippen molar-refractivity contribution in [3.63, 3.8) is 0 Å². The van der Waals surface area contributed by atoms with E-state index in [1.807, 2.05) is 6.07 Å². The molecule has 0 aromatic heterocycles. The van der Waals surface area contributed by atoms with E-state index in [0.29, 0.717) is 18.4 Å². The molecular weight excluding hydrogens is 498 g/mol. The summed E-state index contributed by atoms with van der Waals surface area (Å²) in [6, 6.07) is 13.3. The number of methoxy groups -OCH3 is 2. The van der Waals surface area contributed by atoms with Gasteiger partial charge in [-0.1, -0.05) is 30.3 Å².